The molecule has 1 aliphatic heterocycles. The van der Waals surface area contributed by atoms with E-state index in [0.717, 1.165) is 48.5 Å². The second-order valence-corrected chi connectivity index (χ2v) is 9.69. The highest BCUT2D eigenvalue weighted by Gasteiger charge is 2.23. The highest BCUT2D eigenvalue weighted by molar-refractivity contribution is 7.99. The molecular weight excluding hydrogens is 396 g/mol. The first kappa shape index (κ1) is 21.2. The van der Waals surface area contributed by atoms with Crippen molar-refractivity contribution in [1.82, 2.24) is 19.8 Å². The molecule has 2 amide bonds. The maximum atomic E-state index is 12.8. The van der Waals surface area contributed by atoms with E-state index in [0.29, 0.717) is 17.7 Å². The third-order valence-electron chi connectivity index (χ3n) is 6.23. The third kappa shape index (κ3) is 5.17. The molecule has 6 nitrogen and oxygen atoms in total. The van der Waals surface area contributed by atoms with Gasteiger partial charge in [0.15, 0.2) is 5.16 Å². The largest absolute Gasteiger partial charge is 0.352 e. The van der Waals surface area contributed by atoms with Gasteiger partial charge in [0.2, 0.25) is 11.8 Å². The Balaban J connectivity index is 1.44. The van der Waals surface area contributed by atoms with Crippen LogP contribution in [-0.4, -0.2) is 51.1 Å². The van der Waals surface area contributed by atoms with Crippen LogP contribution in [0.15, 0.2) is 29.4 Å². The number of nitrogens with one attached hydrogen (secondary N) is 1. The Morgan fingerprint density at radius 2 is 1.93 bits per heavy atom. The molecule has 1 saturated carbocycles. The van der Waals surface area contributed by atoms with Crippen molar-refractivity contribution in [3.63, 3.8) is 0 Å². The molecule has 2 aliphatic rings. The lowest BCUT2D eigenvalue weighted by Crippen LogP contribution is -2.40. The number of thioether (sulfide) groups is 1. The van der Waals surface area contributed by atoms with Gasteiger partial charge in [-0.1, -0.05) is 50.1 Å². The van der Waals surface area contributed by atoms with Crippen LogP contribution in [0.3, 0.4) is 0 Å². The van der Waals surface area contributed by atoms with Crippen LogP contribution in [0.1, 0.15) is 51.9 Å². The van der Waals surface area contributed by atoms with Gasteiger partial charge < -0.3 is 14.8 Å². The number of rotatable bonds is 6. The number of likely N-dealkylation sites (tertiary alicyclic amines) is 1. The molecule has 4 rings (SSSR count). The summed E-state index contributed by atoms with van der Waals surface area (Å²) in [6, 6.07) is 8.17. The molecular formula is C23H32N4O2S. The molecule has 2 heterocycles. The number of hydrogen-bond acceptors (Lipinski definition) is 4. The van der Waals surface area contributed by atoms with E-state index in [9.17, 15) is 9.59 Å². The molecule has 0 bridgehead atoms. The van der Waals surface area contributed by atoms with Gasteiger partial charge in [-0.15, -0.1) is 0 Å². The van der Waals surface area contributed by atoms with E-state index in [1.165, 1.54) is 37.4 Å². The van der Waals surface area contributed by atoms with Crippen LogP contribution in [0.4, 0.5) is 0 Å². The lowest BCUT2D eigenvalue weighted by atomic mass is 9.95. The molecule has 2 fully saturated rings. The van der Waals surface area contributed by atoms with Crippen molar-refractivity contribution >= 4 is 34.6 Å². The van der Waals surface area contributed by atoms with E-state index < -0.39 is 0 Å². The lowest BCUT2D eigenvalue weighted by molar-refractivity contribution is -0.130. The summed E-state index contributed by atoms with van der Waals surface area (Å²) in [6.07, 6.45) is 8.07. The Hall–Kier alpha value is -2.02. The van der Waals surface area contributed by atoms with Gasteiger partial charge in [-0.25, -0.2) is 4.98 Å². The van der Waals surface area contributed by atoms with E-state index >= 15 is 0 Å². The number of benzene rings is 1. The van der Waals surface area contributed by atoms with Crippen LogP contribution in [0, 0.1) is 5.92 Å². The monoisotopic (exact) mass is 428 g/mol. The minimum absolute atomic E-state index is 0.0306. The standard InChI is InChI=1S/C23H32N4O2S/c1-17-8-7-13-26(14-17)22(29)16-30-23-25-19-11-5-6-12-20(19)27(23)15-21(28)24-18-9-3-2-4-10-18/h5-6,11-12,17-18H,2-4,7-10,13-16H2,1H3,(H,24,28)/t17-/m0/s1. The maximum absolute atomic E-state index is 12.8. The zero-order chi connectivity index (χ0) is 20.9. The number of piperidine rings is 1. The number of nitrogens with zero attached hydrogens (tertiary/aromatic N) is 3. The van der Waals surface area contributed by atoms with Crippen LogP contribution < -0.4 is 5.32 Å². The van der Waals surface area contributed by atoms with Crippen molar-refractivity contribution in [2.75, 3.05) is 18.8 Å². The molecule has 7 heteroatoms. The smallest absolute Gasteiger partial charge is 0.240 e. The minimum atomic E-state index is 0.0306. The Labute approximate surface area is 182 Å². The van der Waals surface area contributed by atoms with Crippen molar-refractivity contribution in [3.05, 3.63) is 24.3 Å². The summed E-state index contributed by atoms with van der Waals surface area (Å²) < 4.78 is 1.96. The fourth-order valence-electron chi connectivity index (χ4n) is 4.61. The Kier molecular flexibility index (Phi) is 6.97. The van der Waals surface area contributed by atoms with E-state index in [1.54, 1.807) is 0 Å². The fourth-order valence-corrected chi connectivity index (χ4v) is 5.53. The van der Waals surface area contributed by atoms with Crippen LogP contribution in [-0.2, 0) is 16.1 Å². The molecule has 162 valence electrons. The molecule has 0 unspecified atom stereocenters. The fraction of sp³-hybridized carbons (Fsp3) is 0.609. The van der Waals surface area contributed by atoms with Gasteiger partial charge in [-0.2, -0.15) is 0 Å². The third-order valence-corrected chi connectivity index (χ3v) is 7.19. The van der Waals surface area contributed by atoms with E-state index in [2.05, 4.69) is 12.2 Å². The van der Waals surface area contributed by atoms with Gasteiger partial charge in [0.05, 0.1) is 16.8 Å². The zero-order valence-electron chi connectivity index (χ0n) is 17.8. The Bertz CT molecular complexity index is 890. The highest BCUT2D eigenvalue weighted by atomic mass is 32.2. The van der Waals surface area contributed by atoms with Gasteiger partial charge in [0, 0.05) is 19.1 Å². The molecule has 0 radical (unpaired) electrons. The number of imidazole rings is 1. The van der Waals surface area contributed by atoms with Crippen LogP contribution in [0.25, 0.3) is 11.0 Å². The van der Waals surface area contributed by atoms with Gasteiger partial charge >= 0.3 is 0 Å². The van der Waals surface area contributed by atoms with E-state index in [1.807, 2.05) is 33.7 Å². The van der Waals surface area contributed by atoms with Crippen molar-refractivity contribution in [2.24, 2.45) is 5.92 Å². The summed E-state index contributed by atoms with van der Waals surface area (Å²) in [7, 11) is 0. The van der Waals surface area contributed by atoms with Crippen LogP contribution in [0.2, 0.25) is 0 Å². The Morgan fingerprint density at radius 1 is 1.13 bits per heavy atom. The summed E-state index contributed by atoms with van der Waals surface area (Å²) in [5.41, 5.74) is 1.81. The molecule has 1 aliphatic carbocycles. The van der Waals surface area contributed by atoms with E-state index in [4.69, 9.17) is 4.98 Å². The minimum Gasteiger partial charge on any atom is -0.352 e. The molecule has 0 spiro atoms. The number of para-hydroxylation sites is 2. The first-order chi connectivity index (χ1) is 14.6. The average molecular weight is 429 g/mol. The molecule has 1 aromatic carbocycles. The number of carbonyl (C=O) groups excluding carboxylic acids is 2. The number of amides is 2. The number of hydrogen-bond donors (Lipinski definition) is 1. The predicted octanol–water partition coefficient (Wildman–Crippen LogP) is 3.84. The summed E-state index contributed by atoms with van der Waals surface area (Å²) in [6.45, 7) is 4.15. The topological polar surface area (TPSA) is 67.2 Å². The quantitative estimate of drug-likeness (QED) is 0.710. The van der Waals surface area contributed by atoms with Crippen molar-refractivity contribution in [2.45, 2.75) is 69.6 Å². The molecule has 30 heavy (non-hydrogen) atoms. The van der Waals surface area contributed by atoms with Gasteiger partial charge in [0.1, 0.15) is 6.54 Å². The lowest BCUT2D eigenvalue weighted by Gasteiger charge is -2.30. The Morgan fingerprint density at radius 3 is 2.73 bits per heavy atom. The first-order valence-corrected chi connectivity index (χ1v) is 12.2. The van der Waals surface area contributed by atoms with E-state index in [-0.39, 0.29) is 18.4 Å². The molecule has 2 aromatic rings. The predicted molar refractivity (Wildman–Crippen MR) is 120 cm³/mol. The molecule has 1 N–H and O–H groups in total. The zero-order valence-corrected chi connectivity index (χ0v) is 18.6. The van der Waals surface area contributed by atoms with Gasteiger partial charge in [-0.3, -0.25) is 9.59 Å². The molecule has 1 aromatic heterocycles. The number of fused-ring (bicyclic) bond motifs is 1. The van der Waals surface area contributed by atoms with Crippen molar-refractivity contribution < 1.29 is 9.59 Å². The maximum Gasteiger partial charge on any atom is 0.240 e. The van der Waals surface area contributed by atoms with Gasteiger partial charge in [-0.05, 0) is 43.7 Å². The molecule has 1 atom stereocenters. The van der Waals surface area contributed by atoms with Crippen molar-refractivity contribution in [3.8, 4) is 0 Å². The molecule has 1 saturated heterocycles. The number of carbonyl (C=O) groups is 2. The average Bonchev–Trinajstić information content (AvgIpc) is 3.10. The van der Waals surface area contributed by atoms with Crippen LogP contribution >= 0.6 is 11.8 Å². The second-order valence-electron chi connectivity index (χ2n) is 8.75. The van der Waals surface area contributed by atoms with Gasteiger partial charge in [0.25, 0.3) is 0 Å². The second kappa shape index (κ2) is 9.86. The SMILES string of the molecule is C[C@H]1CCCN(C(=O)CSc2nc3ccccc3n2CC(=O)NC2CCCCC2)C1. The van der Waals surface area contributed by atoms with Crippen LogP contribution in [0.5, 0.6) is 0 Å². The number of aromatic nitrogens is 2. The first-order valence-electron chi connectivity index (χ1n) is 11.3. The normalized spacial score (nSPS) is 20.4. The summed E-state index contributed by atoms with van der Waals surface area (Å²) in [4.78, 5) is 32.2. The summed E-state index contributed by atoms with van der Waals surface area (Å²) >= 11 is 1.44. The summed E-state index contributed by atoms with van der Waals surface area (Å²) in [5, 5.41) is 3.94. The summed E-state index contributed by atoms with van der Waals surface area (Å²) in [5.74, 6) is 1.13. The highest BCUT2D eigenvalue weighted by Crippen LogP contribution is 2.25. The van der Waals surface area contributed by atoms with Crippen molar-refractivity contribution in [1.29, 1.82) is 0 Å².